The molecule has 0 saturated heterocycles. The Morgan fingerprint density at radius 1 is 1.53 bits per heavy atom. The lowest BCUT2D eigenvalue weighted by atomic mass is 9.83. The van der Waals surface area contributed by atoms with E-state index in [9.17, 15) is 9.90 Å². The largest absolute Gasteiger partial charge is 0.481 e. The van der Waals surface area contributed by atoms with Crippen LogP contribution in [0.4, 0.5) is 0 Å². The highest BCUT2D eigenvalue weighted by Crippen LogP contribution is 2.39. The van der Waals surface area contributed by atoms with Gasteiger partial charge in [-0.2, -0.15) is 0 Å². The average Bonchev–Trinajstić information content (AvgIpc) is 2.55. The van der Waals surface area contributed by atoms with Gasteiger partial charge in [-0.05, 0) is 39.4 Å². The molecule has 0 spiro atoms. The van der Waals surface area contributed by atoms with Crippen molar-refractivity contribution >= 4 is 17.3 Å². The van der Waals surface area contributed by atoms with E-state index in [1.807, 2.05) is 36.5 Å². The predicted octanol–water partition coefficient (Wildman–Crippen LogP) is 2.46. The monoisotopic (exact) mass is 227 g/mol. The van der Waals surface area contributed by atoms with Gasteiger partial charge in [-0.15, -0.1) is 11.3 Å². The van der Waals surface area contributed by atoms with Crippen LogP contribution in [0.3, 0.4) is 0 Å². The molecule has 0 saturated carbocycles. The van der Waals surface area contributed by atoms with Crippen molar-refractivity contribution in [1.82, 2.24) is 4.90 Å². The van der Waals surface area contributed by atoms with Crippen molar-refractivity contribution in [3.05, 3.63) is 22.4 Å². The summed E-state index contributed by atoms with van der Waals surface area (Å²) >= 11 is 1.60. The molecule has 4 heteroatoms. The number of aliphatic carboxylic acids is 1. The quantitative estimate of drug-likeness (QED) is 0.859. The van der Waals surface area contributed by atoms with E-state index in [1.54, 1.807) is 25.2 Å². The summed E-state index contributed by atoms with van der Waals surface area (Å²) in [6.45, 7) is 3.53. The third-order valence-electron chi connectivity index (χ3n) is 2.56. The van der Waals surface area contributed by atoms with Crippen LogP contribution >= 0.6 is 11.3 Å². The van der Waals surface area contributed by atoms with Gasteiger partial charge in [-0.3, -0.25) is 4.79 Å². The fourth-order valence-corrected chi connectivity index (χ4v) is 2.93. The molecule has 0 aliphatic rings. The van der Waals surface area contributed by atoms with Crippen molar-refractivity contribution in [3.8, 4) is 0 Å². The lowest BCUT2D eigenvalue weighted by Crippen LogP contribution is -2.38. The fraction of sp³-hybridized carbons (Fsp3) is 0.545. The maximum absolute atomic E-state index is 11.2. The van der Waals surface area contributed by atoms with Gasteiger partial charge in [-0.25, -0.2) is 0 Å². The Labute approximate surface area is 94.3 Å². The second kappa shape index (κ2) is 4.33. The molecule has 1 rings (SSSR count). The van der Waals surface area contributed by atoms with Crippen LogP contribution in [0.25, 0.3) is 0 Å². The van der Waals surface area contributed by atoms with Gasteiger partial charge in [0.15, 0.2) is 0 Å². The molecule has 0 aliphatic heterocycles. The van der Waals surface area contributed by atoms with Crippen LogP contribution in [-0.4, -0.2) is 30.1 Å². The minimum Gasteiger partial charge on any atom is -0.481 e. The highest BCUT2D eigenvalue weighted by atomic mass is 32.1. The number of hydrogen-bond acceptors (Lipinski definition) is 3. The standard InChI is InChI=1S/C11H17NO2S/c1-11(2,10(13)14)9(12(3)4)8-6-5-7-15-8/h5-7,9H,1-4H3,(H,13,14). The molecule has 84 valence electrons. The lowest BCUT2D eigenvalue weighted by molar-refractivity contribution is -0.150. The third-order valence-corrected chi connectivity index (χ3v) is 3.49. The molecule has 1 aromatic rings. The zero-order valence-corrected chi connectivity index (χ0v) is 10.3. The Hall–Kier alpha value is -0.870. The van der Waals surface area contributed by atoms with Gasteiger partial charge in [0.1, 0.15) is 0 Å². The van der Waals surface area contributed by atoms with Crippen LogP contribution in [0.15, 0.2) is 17.5 Å². The van der Waals surface area contributed by atoms with Crippen LogP contribution in [-0.2, 0) is 4.79 Å². The van der Waals surface area contributed by atoms with Crippen LogP contribution in [0, 0.1) is 5.41 Å². The number of carboxylic acid groups (broad SMARTS) is 1. The Kier molecular flexibility index (Phi) is 3.52. The van der Waals surface area contributed by atoms with E-state index in [4.69, 9.17) is 0 Å². The van der Waals surface area contributed by atoms with E-state index >= 15 is 0 Å². The maximum atomic E-state index is 11.2. The van der Waals surface area contributed by atoms with Crippen LogP contribution in [0.2, 0.25) is 0 Å². The number of carbonyl (C=O) groups is 1. The Balaban J connectivity index is 3.09. The smallest absolute Gasteiger partial charge is 0.311 e. The van der Waals surface area contributed by atoms with E-state index in [0.29, 0.717) is 0 Å². The second-order valence-electron chi connectivity index (χ2n) is 4.41. The molecular weight excluding hydrogens is 210 g/mol. The molecule has 1 heterocycles. The average molecular weight is 227 g/mol. The van der Waals surface area contributed by atoms with Crippen molar-refractivity contribution in [3.63, 3.8) is 0 Å². The molecule has 1 atom stereocenters. The van der Waals surface area contributed by atoms with E-state index < -0.39 is 11.4 Å². The molecule has 1 unspecified atom stereocenters. The molecule has 0 amide bonds. The number of carboxylic acids is 1. The number of nitrogens with zero attached hydrogens (tertiary/aromatic N) is 1. The first-order chi connectivity index (χ1) is 6.87. The minimum atomic E-state index is -0.783. The zero-order chi connectivity index (χ0) is 11.6. The van der Waals surface area contributed by atoms with E-state index in [1.165, 1.54) is 0 Å². The van der Waals surface area contributed by atoms with E-state index in [2.05, 4.69) is 0 Å². The summed E-state index contributed by atoms with van der Waals surface area (Å²) in [5.74, 6) is -0.769. The van der Waals surface area contributed by atoms with Crippen LogP contribution in [0.1, 0.15) is 24.8 Å². The molecule has 1 aromatic heterocycles. The van der Waals surface area contributed by atoms with Gasteiger partial charge < -0.3 is 10.0 Å². The molecule has 1 N–H and O–H groups in total. The molecule has 15 heavy (non-hydrogen) atoms. The summed E-state index contributed by atoms with van der Waals surface area (Å²) in [4.78, 5) is 14.3. The summed E-state index contributed by atoms with van der Waals surface area (Å²) < 4.78 is 0. The molecule has 0 aromatic carbocycles. The highest BCUT2D eigenvalue weighted by Gasteiger charge is 2.39. The Morgan fingerprint density at radius 2 is 2.13 bits per heavy atom. The van der Waals surface area contributed by atoms with Crippen LogP contribution in [0.5, 0.6) is 0 Å². The SMILES string of the molecule is CN(C)C(c1cccs1)C(C)(C)C(=O)O. The Morgan fingerprint density at radius 3 is 2.47 bits per heavy atom. The third kappa shape index (κ3) is 2.38. The topological polar surface area (TPSA) is 40.5 Å². The summed E-state index contributed by atoms with van der Waals surface area (Å²) in [6.07, 6.45) is 0. The van der Waals surface area contributed by atoms with Gasteiger partial charge >= 0.3 is 5.97 Å². The minimum absolute atomic E-state index is 0.0880. The normalized spacial score (nSPS) is 14.2. The van der Waals surface area contributed by atoms with Gasteiger partial charge in [0.25, 0.3) is 0 Å². The molecule has 0 fully saturated rings. The zero-order valence-electron chi connectivity index (χ0n) is 9.52. The molecule has 0 bridgehead atoms. The van der Waals surface area contributed by atoms with Crippen molar-refractivity contribution in [2.75, 3.05) is 14.1 Å². The van der Waals surface area contributed by atoms with Crippen molar-refractivity contribution in [2.45, 2.75) is 19.9 Å². The maximum Gasteiger partial charge on any atom is 0.311 e. The summed E-state index contributed by atoms with van der Waals surface area (Å²) in [6, 6.07) is 3.85. The number of thiophene rings is 1. The number of rotatable bonds is 4. The number of hydrogen-bond donors (Lipinski definition) is 1. The Bertz CT molecular complexity index is 330. The van der Waals surface area contributed by atoms with Crippen LogP contribution < -0.4 is 0 Å². The predicted molar refractivity (Wildman–Crippen MR) is 62.2 cm³/mol. The highest BCUT2D eigenvalue weighted by molar-refractivity contribution is 7.10. The molecular formula is C11H17NO2S. The molecule has 3 nitrogen and oxygen atoms in total. The van der Waals surface area contributed by atoms with Gasteiger partial charge in [-0.1, -0.05) is 6.07 Å². The summed E-state index contributed by atoms with van der Waals surface area (Å²) in [5, 5.41) is 11.2. The van der Waals surface area contributed by atoms with E-state index in [-0.39, 0.29) is 6.04 Å². The second-order valence-corrected chi connectivity index (χ2v) is 5.39. The first kappa shape index (κ1) is 12.2. The van der Waals surface area contributed by atoms with Crippen molar-refractivity contribution < 1.29 is 9.90 Å². The van der Waals surface area contributed by atoms with Crippen molar-refractivity contribution in [1.29, 1.82) is 0 Å². The van der Waals surface area contributed by atoms with Gasteiger partial charge in [0, 0.05) is 4.88 Å². The van der Waals surface area contributed by atoms with Crippen molar-refractivity contribution in [2.24, 2.45) is 5.41 Å². The first-order valence-electron chi connectivity index (χ1n) is 4.80. The first-order valence-corrected chi connectivity index (χ1v) is 5.68. The van der Waals surface area contributed by atoms with Gasteiger partial charge in [0.05, 0.1) is 11.5 Å². The molecule has 0 aliphatic carbocycles. The fourth-order valence-electron chi connectivity index (χ4n) is 1.82. The summed E-state index contributed by atoms with van der Waals surface area (Å²) in [5.41, 5.74) is -0.783. The van der Waals surface area contributed by atoms with Gasteiger partial charge in [0.2, 0.25) is 0 Å². The van der Waals surface area contributed by atoms with E-state index in [0.717, 1.165) is 4.88 Å². The molecule has 0 radical (unpaired) electrons. The lowest BCUT2D eigenvalue weighted by Gasteiger charge is -2.34. The summed E-state index contributed by atoms with van der Waals surface area (Å²) in [7, 11) is 3.82.